The topological polar surface area (TPSA) is 60.9 Å². The van der Waals surface area contributed by atoms with Gasteiger partial charge >= 0.3 is 0 Å². The molecule has 2 unspecified atom stereocenters. The van der Waals surface area contributed by atoms with Crippen molar-refractivity contribution < 1.29 is 4.79 Å². The van der Waals surface area contributed by atoms with Crippen molar-refractivity contribution in [2.24, 2.45) is 18.7 Å². The van der Waals surface area contributed by atoms with Crippen LogP contribution in [-0.4, -0.2) is 21.6 Å². The molecule has 0 aromatic carbocycles. The smallest absolute Gasteiger partial charge is 0.155 e. The fourth-order valence-electron chi connectivity index (χ4n) is 1.73. The Morgan fingerprint density at radius 3 is 2.59 bits per heavy atom. The summed E-state index contributed by atoms with van der Waals surface area (Å²) < 4.78 is 1.65. The number of hydrogen-bond donors (Lipinski definition) is 1. The highest BCUT2D eigenvalue weighted by molar-refractivity contribution is 6.32. The Morgan fingerprint density at radius 2 is 2.18 bits per heavy atom. The Morgan fingerprint density at radius 1 is 1.59 bits per heavy atom. The van der Waals surface area contributed by atoms with Gasteiger partial charge in [0.15, 0.2) is 5.78 Å². The van der Waals surface area contributed by atoms with Gasteiger partial charge in [0.25, 0.3) is 0 Å². The van der Waals surface area contributed by atoms with Crippen LogP contribution in [0.4, 0.5) is 0 Å². The molecular weight excluding hydrogens is 238 g/mol. The first-order chi connectivity index (χ1) is 7.88. The van der Waals surface area contributed by atoms with Crippen LogP contribution in [0.3, 0.4) is 0 Å². The molecular formula is C12H20ClN3O. The van der Waals surface area contributed by atoms with Crippen LogP contribution in [0.2, 0.25) is 5.02 Å². The molecule has 4 nitrogen and oxygen atoms in total. The predicted octanol–water partition coefficient (Wildman–Crippen LogP) is 1.87. The molecule has 0 aliphatic heterocycles. The lowest BCUT2D eigenvalue weighted by Gasteiger charge is -2.16. The maximum atomic E-state index is 12.0. The zero-order chi connectivity index (χ0) is 13.2. The maximum absolute atomic E-state index is 12.0. The van der Waals surface area contributed by atoms with Crippen LogP contribution >= 0.6 is 11.6 Å². The van der Waals surface area contributed by atoms with Gasteiger partial charge < -0.3 is 5.73 Å². The van der Waals surface area contributed by atoms with Crippen molar-refractivity contribution >= 4 is 17.4 Å². The van der Waals surface area contributed by atoms with Gasteiger partial charge in [-0.15, -0.1) is 0 Å². The molecule has 17 heavy (non-hydrogen) atoms. The van der Waals surface area contributed by atoms with E-state index in [1.165, 1.54) is 0 Å². The molecule has 1 aromatic heterocycles. The van der Waals surface area contributed by atoms with Gasteiger partial charge in [-0.2, -0.15) is 5.10 Å². The fraction of sp³-hybridized carbons (Fsp3) is 0.667. The first-order valence-electron chi connectivity index (χ1n) is 5.84. The highest BCUT2D eigenvalue weighted by Crippen LogP contribution is 2.21. The number of aryl methyl sites for hydroxylation is 2. The quantitative estimate of drug-likeness (QED) is 0.876. The largest absolute Gasteiger partial charge is 0.321 e. The summed E-state index contributed by atoms with van der Waals surface area (Å²) in [5.41, 5.74) is 7.39. The molecule has 0 saturated heterocycles. The molecule has 0 saturated carbocycles. The lowest BCUT2D eigenvalue weighted by Crippen LogP contribution is -2.38. The molecule has 0 aliphatic rings. The molecule has 1 aromatic rings. The van der Waals surface area contributed by atoms with E-state index in [9.17, 15) is 4.79 Å². The van der Waals surface area contributed by atoms with Gasteiger partial charge in [0.05, 0.1) is 28.9 Å². The van der Waals surface area contributed by atoms with Crippen LogP contribution in [0.5, 0.6) is 0 Å². The lowest BCUT2D eigenvalue weighted by atomic mass is 9.94. The maximum Gasteiger partial charge on any atom is 0.155 e. The molecule has 2 N–H and O–H groups in total. The minimum atomic E-state index is -0.425. The van der Waals surface area contributed by atoms with Gasteiger partial charge in [-0.3, -0.25) is 9.48 Å². The van der Waals surface area contributed by atoms with Gasteiger partial charge in [-0.1, -0.05) is 31.9 Å². The van der Waals surface area contributed by atoms with E-state index in [0.717, 1.165) is 17.8 Å². The van der Waals surface area contributed by atoms with Crippen molar-refractivity contribution in [2.75, 3.05) is 0 Å². The van der Waals surface area contributed by atoms with Gasteiger partial charge in [-0.05, 0) is 12.8 Å². The Bertz CT molecular complexity index is 414. The second kappa shape index (κ2) is 5.65. The minimum absolute atomic E-state index is 0.0178. The van der Waals surface area contributed by atoms with E-state index in [2.05, 4.69) is 5.10 Å². The van der Waals surface area contributed by atoms with E-state index in [0.29, 0.717) is 5.02 Å². The molecule has 1 heterocycles. The first kappa shape index (κ1) is 14.2. The Labute approximate surface area is 107 Å². The molecule has 0 spiro atoms. The van der Waals surface area contributed by atoms with Crippen LogP contribution in [0, 0.1) is 12.8 Å². The van der Waals surface area contributed by atoms with Crippen molar-refractivity contribution in [3.05, 3.63) is 16.4 Å². The normalized spacial score (nSPS) is 14.7. The van der Waals surface area contributed by atoms with Crippen molar-refractivity contribution in [2.45, 2.75) is 39.7 Å². The number of nitrogens with zero attached hydrogens (tertiary/aromatic N) is 2. The summed E-state index contributed by atoms with van der Waals surface area (Å²) in [6.07, 6.45) is 1.15. The van der Waals surface area contributed by atoms with E-state index >= 15 is 0 Å². The van der Waals surface area contributed by atoms with Crippen molar-refractivity contribution in [3.8, 4) is 0 Å². The van der Waals surface area contributed by atoms with Gasteiger partial charge in [0.1, 0.15) is 0 Å². The second-order valence-electron chi connectivity index (χ2n) is 4.52. The molecule has 0 radical (unpaired) electrons. The molecule has 0 amide bonds. The van der Waals surface area contributed by atoms with Crippen molar-refractivity contribution in [1.29, 1.82) is 0 Å². The monoisotopic (exact) mass is 257 g/mol. The number of ketones is 1. The van der Waals surface area contributed by atoms with Crippen molar-refractivity contribution in [1.82, 2.24) is 9.78 Å². The summed E-state index contributed by atoms with van der Waals surface area (Å²) >= 11 is 6.10. The van der Waals surface area contributed by atoms with E-state index in [1.807, 2.05) is 20.8 Å². The van der Waals surface area contributed by atoms with Crippen LogP contribution < -0.4 is 5.73 Å². The summed E-state index contributed by atoms with van der Waals surface area (Å²) in [6.45, 7) is 5.84. The van der Waals surface area contributed by atoms with Crippen LogP contribution in [-0.2, 0) is 18.3 Å². The van der Waals surface area contributed by atoms with Crippen LogP contribution in [0.15, 0.2) is 0 Å². The summed E-state index contributed by atoms with van der Waals surface area (Å²) in [6, 6.07) is -0.425. The van der Waals surface area contributed by atoms with Crippen molar-refractivity contribution in [3.63, 3.8) is 0 Å². The third-order valence-electron chi connectivity index (χ3n) is 3.23. The lowest BCUT2D eigenvalue weighted by molar-refractivity contribution is -0.120. The molecule has 0 aliphatic carbocycles. The minimum Gasteiger partial charge on any atom is -0.321 e. The average Bonchev–Trinajstić information content (AvgIpc) is 2.53. The second-order valence-corrected chi connectivity index (χ2v) is 4.90. The molecule has 5 heteroatoms. The zero-order valence-electron chi connectivity index (χ0n) is 10.8. The number of halogens is 1. The Hall–Kier alpha value is -0.870. The number of carbonyl (C=O) groups is 1. The SMILES string of the molecule is CCC(C)C(N)C(=O)Cc1c(Cl)c(C)nn1C. The summed E-state index contributed by atoms with van der Waals surface area (Å²) in [5.74, 6) is 0.208. The fourth-order valence-corrected chi connectivity index (χ4v) is 1.95. The standard InChI is InChI=1S/C12H20ClN3O/c1-5-7(2)12(14)10(17)6-9-11(13)8(3)15-16(9)4/h7,12H,5-6,14H2,1-4H3. The third kappa shape index (κ3) is 3.07. The van der Waals surface area contributed by atoms with E-state index in [1.54, 1.807) is 11.7 Å². The molecule has 2 atom stereocenters. The molecule has 1 rings (SSSR count). The molecule has 0 bridgehead atoms. The number of rotatable bonds is 5. The number of aromatic nitrogens is 2. The van der Waals surface area contributed by atoms with E-state index in [4.69, 9.17) is 17.3 Å². The summed E-state index contributed by atoms with van der Waals surface area (Å²) in [7, 11) is 1.79. The summed E-state index contributed by atoms with van der Waals surface area (Å²) in [4.78, 5) is 12.0. The Kier molecular flexibility index (Phi) is 4.71. The summed E-state index contributed by atoms with van der Waals surface area (Å²) in [5, 5.41) is 4.75. The number of carbonyl (C=O) groups excluding carboxylic acids is 1. The van der Waals surface area contributed by atoms with Gasteiger partial charge in [0.2, 0.25) is 0 Å². The highest BCUT2D eigenvalue weighted by Gasteiger charge is 2.22. The number of hydrogen-bond acceptors (Lipinski definition) is 3. The molecule has 0 fully saturated rings. The van der Waals surface area contributed by atoms with Crippen LogP contribution in [0.25, 0.3) is 0 Å². The van der Waals surface area contributed by atoms with Gasteiger partial charge in [0, 0.05) is 7.05 Å². The predicted molar refractivity (Wildman–Crippen MR) is 69.1 cm³/mol. The number of nitrogens with two attached hydrogens (primary N) is 1. The third-order valence-corrected chi connectivity index (χ3v) is 3.72. The zero-order valence-corrected chi connectivity index (χ0v) is 11.6. The first-order valence-corrected chi connectivity index (χ1v) is 6.22. The Balaban J connectivity index is 2.81. The highest BCUT2D eigenvalue weighted by atomic mass is 35.5. The average molecular weight is 258 g/mol. The van der Waals surface area contributed by atoms with E-state index in [-0.39, 0.29) is 18.1 Å². The van der Waals surface area contributed by atoms with Crippen LogP contribution in [0.1, 0.15) is 31.7 Å². The molecule has 96 valence electrons. The van der Waals surface area contributed by atoms with E-state index < -0.39 is 6.04 Å². The van der Waals surface area contributed by atoms with Gasteiger partial charge in [-0.25, -0.2) is 0 Å². The number of Topliss-reactive ketones (excluding diaryl/α,β-unsaturated/α-hetero) is 1.